The average Bonchev–Trinajstić information content (AvgIpc) is 3.23. The van der Waals surface area contributed by atoms with Crippen molar-refractivity contribution in [3.8, 4) is 16.3 Å². The van der Waals surface area contributed by atoms with Crippen molar-refractivity contribution in [3.05, 3.63) is 58.9 Å². The number of benzene rings is 2. The standard InChI is InChI=1S/C20H18F3N3O3S2/c1-29-17-5-3-14(22)11-18(17)31(27,28)26-8-6-12(7-9-26)19-24-25-20(30-19)15-4-2-13(21)10-16(15)23/h2-5,10-12H,6-9H2,1H3. The minimum absolute atomic E-state index is 0.0457. The number of piperidine rings is 1. The molecule has 1 aliphatic rings. The number of hydrogen-bond acceptors (Lipinski definition) is 6. The Hall–Kier alpha value is -2.50. The zero-order valence-corrected chi connectivity index (χ0v) is 18.0. The molecule has 1 aliphatic heterocycles. The lowest BCUT2D eigenvalue weighted by Crippen LogP contribution is -2.38. The van der Waals surface area contributed by atoms with Crippen LogP contribution < -0.4 is 4.74 Å². The first-order valence-electron chi connectivity index (χ1n) is 9.42. The summed E-state index contributed by atoms with van der Waals surface area (Å²) in [5, 5.41) is 9.16. The van der Waals surface area contributed by atoms with Crippen molar-refractivity contribution in [1.82, 2.24) is 14.5 Å². The Balaban J connectivity index is 1.49. The Bertz CT molecular complexity index is 1210. The Morgan fingerprint density at radius 1 is 1.03 bits per heavy atom. The fourth-order valence-electron chi connectivity index (χ4n) is 3.51. The summed E-state index contributed by atoms with van der Waals surface area (Å²) in [4.78, 5) is -0.210. The van der Waals surface area contributed by atoms with Crippen molar-refractivity contribution in [1.29, 1.82) is 0 Å². The minimum Gasteiger partial charge on any atom is -0.495 e. The maximum absolute atomic E-state index is 14.0. The molecule has 1 aromatic heterocycles. The van der Waals surface area contributed by atoms with Crippen LogP contribution in [-0.2, 0) is 10.0 Å². The molecule has 0 amide bonds. The molecule has 0 aliphatic carbocycles. The van der Waals surface area contributed by atoms with Gasteiger partial charge in [-0.05, 0) is 43.2 Å². The van der Waals surface area contributed by atoms with Crippen LogP contribution in [-0.4, -0.2) is 43.1 Å². The van der Waals surface area contributed by atoms with Gasteiger partial charge in [0, 0.05) is 30.6 Å². The van der Waals surface area contributed by atoms with Crippen molar-refractivity contribution in [2.24, 2.45) is 0 Å². The molecule has 0 radical (unpaired) electrons. The van der Waals surface area contributed by atoms with Crippen LogP contribution in [0.15, 0.2) is 41.3 Å². The monoisotopic (exact) mass is 469 g/mol. The van der Waals surface area contributed by atoms with E-state index < -0.39 is 27.5 Å². The number of methoxy groups -OCH3 is 1. The fourth-order valence-corrected chi connectivity index (χ4v) is 6.18. The molecule has 0 saturated carbocycles. The van der Waals surface area contributed by atoms with E-state index in [-0.39, 0.29) is 35.2 Å². The Kier molecular flexibility index (Phi) is 6.00. The van der Waals surface area contributed by atoms with Crippen LogP contribution in [0, 0.1) is 17.5 Å². The number of nitrogens with zero attached hydrogens (tertiary/aromatic N) is 3. The fraction of sp³-hybridized carbons (Fsp3) is 0.300. The molecule has 1 saturated heterocycles. The molecule has 0 unspecified atom stereocenters. The van der Waals surface area contributed by atoms with Crippen LogP contribution in [0.5, 0.6) is 5.75 Å². The first kappa shape index (κ1) is 21.7. The highest BCUT2D eigenvalue weighted by Crippen LogP contribution is 2.36. The molecule has 164 valence electrons. The van der Waals surface area contributed by atoms with E-state index in [1.54, 1.807) is 0 Å². The van der Waals surface area contributed by atoms with E-state index in [9.17, 15) is 21.6 Å². The van der Waals surface area contributed by atoms with Crippen LogP contribution >= 0.6 is 11.3 Å². The van der Waals surface area contributed by atoms with Crippen molar-refractivity contribution >= 4 is 21.4 Å². The lowest BCUT2D eigenvalue weighted by molar-refractivity contribution is 0.316. The highest BCUT2D eigenvalue weighted by atomic mass is 32.2. The largest absolute Gasteiger partial charge is 0.495 e. The second-order valence-electron chi connectivity index (χ2n) is 7.04. The number of rotatable bonds is 5. The molecular formula is C20H18F3N3O3S2. The summed E-state index contributed by atoms with van der Waals surface area (Å²) in [6, 6.07) is 6.64. The average molecular weight is 470 g/mol. The van der Waals surface area contributed by atoms with Gasteiger partial charge in [0.1, 0.15) is 33.1 Å². The predicted molar refractivity (Wildman–Crippen MR) is 109 cm³/mol. The van der Waals surface area contributed by atoms with E-state index in [4.69, 9.17) is 4.74 Å². The summed E-state index contributed by atoms with van der Waals surface area (Å²) in [6.07, 6.45) is 0.967. The van der Waals surface area contributed by atoms with E-state index in [0.29, 0.717) is 22.9 Å². The molecule has 6 nitrogen and oxygen atoms in total. The van der Waals surface area contributed by atoms with Crippen molar-refractivity contribution in [2.45, 2.75) is 23.7 Å². The van der Waals surface area contributed by atoms with Gasteiger partial charge in [0.15, 0.2) is 5.01 Å². The van der Waals surface area contributed by atoms with Gasteiger partial charge in [-0.2, -0.15) is 4.31 Å². The summed E-state index contributed by atoms with van der Waals surface area (Å²) in [6.45, 7) is 0.430. The third-order valence-electron chi connectivity index (χ3n) is 5.15. The SMILES string of the molecule is COc1ccc(F)cc1S(=O)(=O)N1CCC(c2nnc(-c3ccc(F)cc3F)s2)CC1. The number of ether oxygens (including phenoxy) is 1. The third kappa shape index (κ3) is 4.30. The number of aromatic nitrogens is 2. The molecule has 4 rings (SSSR count). The van der Waals surface area contributed by atoms with Gasteiger partial charge < -0.3 is 4.74 Å². The minimum atomic E-state index is -3.93. The molecule has 0 atom stereocenters. The summed E-state index contributed by atoms with van der Waals surface area (Å²) in [5.74, 6) is -2.01. The lowest BCUT2D eigenvalue weighted by atomic mass is 9.99. The molecule has 11 heteroatoms. The van der Waals surface area contributed by atoms with E-state index in [0.717, 1.165) is 24.3 Å². The maximum atomic E-state index is 14.0. The topological polar surface area (TPSA) is 72.4 Å². The number of hydrogen-bond donors (Lipinski definition) is 0. The Morgan fingerprint density at radius 2 is 1.71 bits per heavy atom. The van der Waals surface area contributed by atoms with Gasteiger partial charge in [-0.3, -0.25) is 0 Å². The molecule has 1 fully saturated rings. The first-order chi connectivity index (χ1) is 14.8. The van der Waals surface area contributed by atoms with Crippen LogP contribution in [0.3, 0.4) is 0 Å². The van der Waals surface area contributed by atoms with E-state index in [2.05, 4.69) is 10.2 Å². The first-order valence-corrected chi connectivity index (χ1v) is 11.7. The number of halogens is 3. The Labute approximate surface area is 181 Å². The van der Waals surface area contributed by atoms with Crippen LogP contribution in [0.4, 0.5) is 13.2 Å². The van der Waals surface area contributed by atoms with Gasteiger partial charge in [0.25, 0.3) is 0 Å². The predicted octanol–water partition coefficient (Wildman–Crippen LogP) is 4.20. The second-order valence-corrected chi connectivity index (χ2v) is 9.96. The molecule has 0 N–H and O–H groups in total. The Morgan fingerprint density at radius 3 is 2.39 bits per heavy atom. The van der Waals surface area contributed by atoms with E-state index in [1.165, 1.54) is 34.9 Å². The quantitative estimate of drug-likeness (QED) is 0.560. The molecule has 2 heterocycles. The molecule has 3 aromatic rings. The normalized spacial score (nSPS) is 15.9. The van der Waals surface area contributed by atoms with Crippen LogP contribution in [0.2, 0.25) is 0 Å². The molecule has 0 spiro atoms. The van der Waals surface area contributed by atoms with Gasteiger partial charge >= 0.3 is 0 Å². The molecule has 31 heavy (non-hydrogen) atoms. The van der Waals surface area contributed by atoms with Crippen LogP contribution in [0.25, 0.3) is 10.6 Å². The molecule has 2 aromatic carbocycles. The van der Waals surface area contributed by atoms with Crippen molar-refractivity contribution < 1.29 is 26.3 Å². The summed E-state index contributed by atoms with van der Waals surface area (Å²) < 4.78 is 73.2. The summed E-state index contributed by atoms with van der Waals surface area (Å²) in [5.41, 5.74) is 0.170. The van der Waals surface area contributed by atoms with E-state index in [1.807, 2.05) is 0 Å². The lowest BCUT2D eigenvalue weighted by Gasteiger charge is -2.30. The number of sulfonamides is 1. The van der Waals surface area contributed by atoms with E-state index >= 15 is 0 Å². The smallest absolute Gasteiger partial charge is 0.246 e. The third-order valence-corrected chi connectivity index (χ3v) is 8.19. The van der Waals surface area contributed by atoms with Crippen molar-refractivity contribution in [2.75, 3.05) is 20.2 Å². The zero-order chi connectivity index (χ0) is 22.2. The van der Waals surface area contributed by atoms with Gasteiger partial charge in [-0.25, -0.2) is 21.6 Å². The highest BCUT2D eigenvalue weighted by Gasteiger charge is 2.33. The second kappa shape index (κ2) is 8.56. The highest BCUT2D eigenvalue weighted by molar-refractivity contribution is 7.89. The van der Waals surface area contributed by atoms with Gasteiger partial charge in [0.05, 0.1) is 7.11 Å². The van der Waals surface area contributed by atoms with Gasteiger partial charge in [-0.15, -0.1) is 10.2 Å². The summed E-state index contributed by atoms with van der Waals surface area (Å²) in [7, 11) is -2.60. The zero-order valence-electron chi connectivity index (χ0n) is 16.4. The van der Waals surface area contributed by atoms with Crippen LogP contribution in [0.1, 0.15) is 23.8 Å². The van der Waals surface area contributed by atoms with Gasteiger partial charge in [0.2, 0.25) is 10.0 Å². The van der Waals surface area contributed by atoms with Gasteiger partial charge in [-0.1, -0.05) is 11.3 Å². The van der Waals surface area contributed by atoms with Crippen molar-refractivity contribution in [3.63, 3.8) is 0 Å². The molecule has 0 bridgehead atoms. The molecular weight excluding hydrogens is 451 g/mol. The maximum Gasteiger partial charge on any atom is 0.246 e. The summed E-state index contributed by atoms with van der Waals surface area (Å²) >= 11 is 1.20.